The summed E-state index contributed by atoms with van der Waals surface area (Å²) in [6.07, 6.45) is 5.11. The van der Waals surface area contributed by atoms with Crippen molar-refractivity contribution in [3.05, 3.63) is 70.7 Å². The van der Waals surface area contributed by atoms with Gasteiger partial charge < -0.3 is 10.6 Å². The van der Waals surface area contributed by atoms with Crippen molar-refractivity contribution in [3.8, 4) is 0 Å². The maximum atomic E-state index is 12.9. The molecule has 1 aliphatic heterocycles. The number of urea groups is 1. The fourth-order valence-electron chi connectivity index (χ4n) is 4.81. The average molecular weight is 466 g/mol. The number of nitrogens with zero attached hydrogens (tertiary/aromatic N) is 1. The van der Waals surface area contributed by atoms with Crippen LogP contribution >= 0.6 is 15.9 Å². The van der Waals surface area contributed by atoms with Gasteiger partial charge in [0, 0.05) is 16.7 Å². The van der Waals surface area contributed by atoms with Crippen LogP contribution in [-0.2, 0) is 16.1 Å². The topological polar surface area (TPSA) is 78.5 Å². The summed E-state index contributed by atoms with van der Waals surface area (Å²) < 4.78 is 0.941. The van der Waals surface area contributed by atoms with Gasteiger partial charge in [0.05, 0.1) is 17.5 Å². The fourth-order valence-corrected chi connectivity index (χ4v) is 5.07. The molecule has 6 nitrogen and oxygen atoms in total. The minimum Gasteiger partial charge on any atom is -0.334 e. The van der Waals surface area contributed by atoms with Gasteiger partial charge in [0.25, 0.3) is 0 Å². The summed E-state index contributed by atoms with van der Waals surface area (Å²) in [6.45, 7) is 0.337. The van der Waals surface area contributed by atoms with Crippen molar-refractivity contribution in [2.24, 2.45) is 23.7 Å². The van der Waals surface area contributed by atoms with Crippen LogP contribution in [0.2, 0.25) is 0 Å². The second kappa shape index (κ2) is 7.40. The molecule has 2 N–H and O–H groups in total. The third-order valence-electron chi connectivity index (χ3n) is 6.22. The average Bonchev–Trinajstić information content (AvgIpc) is 3.43. The van der Waals surface area contributed by atoms with Gasteiger partial charge in [-0.05, 0) is 60.2 Å². The van der Waals surface area contributed by atoms with Crippen LogP contribution < -0.4 is 15.5 Å². The molecule has 7 heteroatoms. The van der Waals surface area contributed by atoms with E-state index in [0.29, 0.717) is 17.9 Å². The molecule has 2 bridgehead atoms. The Bertz CT molecular complexity index is 1020. The normalized spacial score (nSPS) is 26.2. The van der Waals surface area contributed by atoms with E-state index in [-0.39, 0.29) is 41.5 Å². The van der Waals surface area contributed by atoms with E-state index in [0.717, 1.165) is 16.5 Å². The minimum absolute atomic E-state index is 0.0819. The zero-order valence-electron chi connectivity index (χ0n) is 16.0. The number of imide groups is 1. The standard InChI is InChI=1S/C23H20BrN3O3/c24-16-5-7-17(8-6-16)26-23(30)25-12-13-1-9-18(10-2-13)27-21(28)19-14-3-4-15(11-14)20(19)22(27)29/h1-10,14-15,19-20H,11-12H2,(H2,25,26,30). The molecule has 4 amide bonds. The molecule has 2 aromatic carbocycles. The summed E-state index contributed by atoms with van der Waals surface area (Å²) in [4.78, 5) is 39.2. The van der Waals surface area contributed by atoms with E-state index in [4.69, 9.17) is 0 Å². The smallest absolute Gasteiger partial charge is 0.319 e. The lowest BCUT2D eigenvalue weighted by molar-refractivity contribution is -0.123. The van der Waals surface area contributed by atoms with E-state index in [9.17, 15) is 14.4 Å². The van der Waals surface area contributed by atoms with Crippen molar-refractivity contribution in [1.82, 2.24) is 5.32 Å². The van der Waals surface area contributed by atoms with Crippen LogP contribution in [0.1, 0.15) is 12.0 Å². The molecule has 1 heterocycles. The van der Waals surface area contributed by atoms with Gasteiger partial charge in [0.15, 0.2) is 0 Å². The lowest BCUT2D eigenvalue weighted by Crippen LogP contribution is -2.32. The number of nitrogens with one attached hydrogen (secondary N) is 2. The number of benzene rings is 2. The number of amides is 4. The first-order valence-corrected chi connectivity index (χ1v) is 10.8. The predicted octanol–water partition coefficient (Wildman–Crippen LogP) is 4.08. The summed E-state index contributed by atoms with van der Waals surface area (Å²) in [5, 5.41) is 5.57. The molecule has 2 aliphatic carbocycles. The van der Waals surface area contributed by atoms with Crippen LogP contribution in [0.5, 0.6) is 0 Å². The highest BCUT2D eigenvalue weighted by molar-refractivity contribution is 9.10. The molecular weight excluding hydrogens is 446 g/mol. The fraction of sp³-hybridized carbons (Fsp3) is 0.261. The first-order chi connectivity index (χ1) is 14.5. The molecular formula is C23H20BrN3O3. The minimum atomic E-state index is -0.304. The summed E-state index contributed by atoms with van der Waals surface area (Å²) in [7, 11) is 0. The number of hydrogen-bond acceptors (Lipinski definition) is 3. The first kappa shape index (κ1) is 19.1. The van der Waals surface area contributed by atoms with Gasteiger partial charge in [-0.25, -0.2) is 4.79 Å². The zero-order valence-corrected chi connectivity index (χ0v) is 17.6. The highest BCUT2D eigenvalue weighted by Gasteiger charge is 2.59. The SMILES string of the molecule is O=C(NCc1ccc(N2C(=O)C3C4C=CC(C4)C3C2=O)cc1)Nc1ccc(Br)cc1. The molecule has 1 saturated carbocycles. The number of halogens is 1. The van der Waals surface area contributed by atoms with E-state index in [2.05, 4.69) is 38.7 Å². The number of fused-ring (bicyclic) bond motifs is 5. The van der Waals surface area contributed by atoms with Crippen LogP contribution in [-0.4, -0.2) is 17.8 Å². The molecule has 2 fully saturated rings. The number of carbonyl (C=O) groups is 3. The Balaban J connectivity index is 1.21. The molecule has 4 unspecified atom stereocenters. The quantitative estimate of drug-likeness (QED) is 0.527. The number of anilines is 2. The molecule has 5 rings (SSSR count). The van der Waals surface area contributed by atoms with Crippen LogP contribution in [0.4, 0.5) is 16.2 Å². The van der Waals surface area contributed by atoms with Crippen molar-refractivity contribution < 1.29 is 14.4 Å². The van der Waals surface area contributed by atoms with Crippen LogP contribution in [0, 0.1) is 23.7 Å². The Morgan fingerprint density at radius 3 is 2.13 bits per heavy atom. The predicted molar refractivity (Wildman–Crippen MR) is 117 cm³/mol. The van der Waals surface area contributed by atoms with Crippen LogP contribution in [0.3, 0.4) is 0 Å². The Kier molecular flexibility index (Phi) is 4.70. The lowest BCUT2D eigenvalue weighted by atomic mass is 9.85. The lowest BCUT2D eigenvalue weighted by Gasteiger charge is -2.17. The van der Waals surface area contributed by atoms with Crippen molar-refractivity contribution in [2.45, 2.75) is 13.0 Å². The van der Waals surface area contributed by atoms with Gasteiger partial charge in [-0.3, -0.25) is 14.5 Å². The van der Waals surface area contributed by atoms with Crippen molar-refractivity contribution in [1.29, 1.82) is 0 Å². The Hall–Kier alpha value is -2.93. The zero-order chi connectivity index (χ0) is 20.8. The van der Waals surface area contributed by atoms with Crippen LogP contribution in [0.15, 0.2) is 65.2 Å². The van der Waals surface area contributed by atoms with E-state index >= 15 is 0 Å². The Morgan fingerprint density at radius 1 is 0.933 bits per heavy atom. The van der Waals surface area contributed by atoms with Crippen molar-refractivity contribution in [2.75, 3.05) is 10.2 Å². The highest BCUT2D eigenvalue weighted by atomic mass is 79.9. The highest BCUT2D eigenvalue weighted by Crippen LogP contribution is 2.53. The van der Waals surface area contributed by atoms with E-state index < -0.39 is 0 Å². The second-order valence-corrected chi connectivity index (χ2v) is 8.91. The Labute approximate surface area is 182 Å². The summed E-state index contributed by atoms with van der Waals surface area (Å²) in [5.41, 5.74) is 2.18. The third kappa shape index (κ3) is 3.23. The molecule has 4 atom stereocenters. The molecule has 152 valence electrons. The molecule has 1 saturated heterocycles. The summed E-state index contributed by atoms with van der Waals surface area (Å²) in [6, 6.07) is 14.2. The van der Waals surface area contributed by atoms with Crippen molar-refractivity contribution >= 4 is 45.2 Å². The summed E-state index contributed by atoms with van der Waals surface area (Å²) in [5.74, 6) is -0.154. The van der Waals surface area contributed by atoms with E-state index in [1.807, 2.05) is 24.3 Å². The molecule has 0 aromatic heterocycles. The number of allylic oxidation sites excluding steroid dienone is 2. The second-order valence-electron chi connectivity index (χ2n) is 7.99. The van der Waals surface area contributed by atoms with E-state index in [1.54, 1.807) is 24.3 Å². The van der Waals surface area contributed by atoms with Gasteiger partial charge in [-0.2, -0.15) is 0 Å². The van der Waals surface area contributed by atoms with Gasteiger partial charge in [0.2, 0.25) is 11.8 Å². The first-order valence-electron chi connectivity index (χ1n) is 9.97. The Morgan fingerprint density at radius 2 is 1.53 bits per heavy atom. The molecule has 0 spiro atoms. The number of hydrogen-bond donors (Lipinski definition) is 2. The molecule has 2 aromatic rings. The third-order valence-corrected chi connectivity index (χ3v) is 6.75. The largest absolute Gasteiger partial charge is 0.334 e. The van der Waals surface area contributed by atoms with Crippen molar-refractivity contribution in [3.63, 3.8) is 0 Å². The van der Waals surface area contributed by atoms with Gasteiger partial charge in [-0.1, -0.05) is 40.2 Å². The number of rotatable bonds is 4. The van der Waals surface area contributed by atoms with E-state index in [1.165, 1.54) is 4.90 Å². The molecule has 0 radical (unpaired) electrons. The summed E-state index contributed by atoms with van der Waals surface area (Å²) >= 11 is 3.36. The maximum Gasteiger partial charge on any atom is 0.319 e. The van der Waals surface area contributed by atoms with Gasteiger partial charge in [-0.15, -0.1) is 0 Å². The van der Waals surface area contributed by atoms with Crippen LogP contribution in [0.25, 0.3) is 0 Å². The monoisotopic (exact) mass is 465 g/mol. The molecule has 30 heavy (non-hydrogen) atoms. The number of carbonyl (C=O) groups excluding carboxylic acids is 3. The van der Waals surface area contributed by atoms with Gasteiger partial charge >= 0.3 is 6.03 Å². The maximum absolute atomic E-state index is 12.9. The van der Waals surface area contributed by atoms with Gasteiger partial charge in [0.1, 0.15) is 0 Å². The molecule has 3 aliphatic rings.